The first-order valence-electron chi connectivity index (χ1n) is 6.54. The molecule has 0 aliphatic rings. The summed E-state index contributed by atoms with van der Waals surface area (Å²) in [5, 5.41) is 10.5. The van der Waals surface area contributed by atoms with Gasteiger partial charge in [0, 0.05) is 11.6 Å². The van der Waals surface area contributed by atoms with Crippen LogP contribution in [0.2, 0.25) is 0 Å². The summed E-state index contributed by atoms with van der Waals surface area (Å²) in [6, 6.07) is 17.1. The first-order chi connectivity index (χ1) is 9.74. The summed E-state index contributed by atoms with van der Waals surface area (Å²) in [6.07, 6.45) is 1.30. The first-order valence-corrected chi connectivity index (χ1v) is 6.54. The molecule has 3 nitrogen and oxygen atoms in total. The van der Waals surface area contributed by atoms with Crippen molar-refractivity contribution < 1.29 is 9.84 Å². The lowest BCUT2D eigenvalue weighted by Crippen LogP contribution is -1.91. The van der Waals surface area contributed by atoms with Crippen LogP contribution in [0.1, 0.15) is 18.6 Å². The molecule has 0 saturated carbocycles. The second-order valence-corrected chi connectivity index (χ2v) is 4.67. The third kappa shape index (κ3) is 2.49. The minimum atomic E-state index is -0.467. The molecule has 20 heavy (non-hydrogen) atoms. The summed E-state index contributed by atoms with van der Waals surface area (Å²) in [7, 11) is 0. The number of ether oxygens (including phenoxy) is 1. The molecule has 2 aromatic carbocycles. The number of aromatic nitrogens is 1. The fourth-order valence-electron chi connectivity index (χ4n) is 2.11. The maximum Gasteiger partial charge on any atom is 0.136 e. The van der Waals surface area contributed by atoms with Crippen LogP contribution in [0.15, 0.2) is 60.8 Å². The zero-order chi connectivity index (χ0) is 13.9. The van der Waals surface area contributed by atoms with Gasteiger partial charge in [0.2, 0.25) is 0 Å². The number of aliphatic hydroxyl groups is 1. The molecule has 0 fully saturated rings. The van der Waals surface area contributed by atoms with Gasteiger partial charge in [-0.3, -0.25) is 4.98 Å². The van der Waals surface area contributed by atoms with E-state index in [2.05, 4.69) is 4.98 Å². The van der Waals surface area contributed by atoms with Crippen LogP contribution in [0.3, 0.4) is 0 Å². The van der Waals surface area contributed by atoms with E-state index in [0.29, 0.717) is 0 Å². The third-order valence-corrected chi connectivity index (χ3v) is 3.20. The van der Waals surface area contributed by atoms with E-state index in [0.717, 1.165) is 28.0 Å². The summed E-state index contributed by atoms with van der Waals surface area (Å²) in [5.74, 6) is 1.52. The van der Waals surface area contributed by atoms with Crippen molar-refractivity contribution in [2.45, 2.75) is 13.0 Å². The van der Waals surface area contributed by atoms with Gasteiger partial charge in [0.05, 0.1) is 11.6 Å². The number of benzene rings is 2. The Labute approximate surface area is 117 Å². The molecule has 0 amide bonds. The molecule has 0 aliphatic carbocycles. The molecule has 1 aromatic heterocycles. The molecule has 100 valence electrons. The Morgan fingerprint density at radius 2 is 1.80 bits per heavy atom. The topological polar surface area (TPSA) is 42.4 Å². The lowest BCUT2D eigenvalue weighted by atomic mass is 10.1. The SMILES string of the molecule is C[C@@H](O)c1ccc(Oc2cccc3ncccc23)cc1. The molecule has 1 heterocycles. The highest BCUT2D eigenvalue weighted by molar-refractivity contribution is 5.85. The Morgan fingerprint density at radius 1 is 1.00 bits per heavy atom. The second kappa shape index (κ2) is 5.31. The van der Waals surface area contributed by atoms with Gasteiger partial charge < -0.3 is 9.84 Å². The normalized spacial score (nSPS) is 12.3. The smallest absolute Gasteiger partial charge is 0.136 e. The Morgan fingerprint density at radius 3 is 2.55 bits per heavy atom. The van der Waals surface area contributed by atoms with Gasteiger partial charge in [0.1, 0.15) is 11.5 Å². The highest BCUT2D eigenvalue weighted by Gasteiger charge is 2.05. The first kappa shape index (κ1) is 12.6. The summed E-state index contributed by atoms with van der Waals surface area (Å²) in [6.45, 7) is 1.74. The Hall–Kier alpha value is -2.39. The monoisotopic (exact) mass is 265 g/mol. The molecule has 0 unspecified atom stereocenters. The van der Waals surface area contributed by atoms with Gasteiger partial charge in [-0.25, -0.2) is 0 Å². The van der Waals surface area contributed by atoms with Gasteiger partial charge in [-0.2, -0.15) is 0 Å². The summed E-state index contributed by atoms with van der Waals surface area (Å²) >= 11 is 0. The largest absolute Gasteiger partial charge is 0.457 e. The summed E-state index contributed by atoms with van der Waals surface area (Å²) in [4.78, 5) is 4.31. The number of nitrogens with zero attached hydrogens (tertiary/aromatic N) is 1. The molecule has 0 aliphatic heterocycles. The number of aliphatic hydroxyl groups excluding tert-OH is 1. The van der Waals surface area contributed by atoms with Crippen LogP contribution < -0.4 is 4.74 Å². The fourth-order valence-corrected chi connectivity index (χ4v) is 2.11. The molecule has 0 radical (unpaired) electrons. The predicted molar refractivity (Wildman–Crippen MR) is 78.9 cm³/mol. The zero-order valence-corrected chi connectivity index (χ0v) is 11.2. The number of fused-ring (bicyclic) bond motifs is 1. The number of rotatable bonds is 3. The molecule has 1 N–H and O–H groups in total. The highest BCUT2D eigenvalue weighted by Crippen LogP contribution is 2.29. The van der Waals surface area contributed by atoms with Crippen molar-refractivity contribution in [2.24, 2.45) is 0 Å². The summed E-state index contributed by atoms with van der Waals surface area (Å²) in [5.41, 5.74) is 1.78. The van der Waals surface area contributed by atoms with Gasteiger partial charge in [-0.15, -0.1) is 0 Å². The van der Waals surface area contributed by atoms with Crippen LogP contribution in [0.4, 0.5) is 0 Å². The molecule has 0 spiro atoms. The number of hydrogen-bond acceptors (Lipinski definition) is 3. The fraction of sp³-hybridized carbons (Fsp3) is 0.118. The predicted octanol–water partition coefficient (Wildman–Crippen LogP) is 4.08. The van der Waals surface area contributed by atoms with Crippen LogP contribution in [0, 0.1) is 0 Å². The quantitative estimate of drug-likeness (QED) is 0.775. The molecule has 3 heteroatoms. The average molecular weight is 265 g/mol. The molecule has 0 bridgehead atoms. The average Bonchev–Trinajstić information content (AvgIpc) is 2.48. The minimum Gasteiger partial charge on any atom is -0.457 e. The Kier molecular flexibility index (Phi) is 3.35. The van der Waals surface area contributed by atoms with Gasteiger partial charge in [-0.05, 0) is 48.9 Å². The van der Waals surface area contributed by atoms with E-state index >= 15 is 0 Å². The van der Waals surface area contributed by atoms with Crippen molar-refractivity contribution in [3.63, 3.8) is 0 Å². The molecule has 0 saturated heterocycles. The van der Waals surface area contributed by atoms with Crippen LogP contribution >= 0.6 is 0 Å². The van der Waals surface area contributed by atoms with Gasteiger partial charge in [0.25, 0.3) is 0 Å². The van der Waals surface area contributed by atoms with E-state index in [9.17, 15) is 5.11 Å². The van der Waals surface area contributed by atoms with E-state index in [1.165, 1.54) is 0 Å². The molecule has 3 rings (SSSR count). The van der Waals surface area contributed by atoms with E-state index < -0.39 is 6.10 Å². The van der Waals surface area contributed by atoms with Crippen LogP contribution in [0.5, 0.6) is 11.5 Å². The van der Waals surface area contributed by atoms with Crippen molar-refractivity contribution >= 4 is 10.9 Å². The Bertz CT molecular complexity index is 715. The maximum absolute atomic E-state index is 9.50. The lowest BCUT2D eigenvalue weighted by molar-refractivity contribution is 0.199. The van der Waals surface area contributed by atoms with Gasteiger partial charge >= 0.3 is 0 Å². The van der Waals surface area contributed by atoms with Crippen LogP contribution in [-0.4, -0.2) is 10.1 Å². The highest BCUT2D eigenvalue weighted by atomic mass is 16.5. The molecular formula is C17H15NO2. The Balaban J connectivity index is 1.93. The molecular weight excluding hydrogens is 250 g/mol. The van der Waals surface area contributed by atoms with Gasteiger partial charge in [0.15, 0.2) is 0 Å². The van der Waals surface area contributed by atoms with Gasteiger partial charge in [-0.1, -0.05) is 18.2 Å². The van der Waals surface area contributed by atoms with Crippen LogP contribution in [-0.2, 0) is 0 Å². The van der Waals surface area contributed by atoms with E-state index in [-0.39, 0.29) is 0 Å². The van der Waals surface area contributed by atoms with Crippen molar-refractivity contribution in [2.75, 3.05) is 0 Å². The van der Waals surface area contributed by atoms with E-state index in [4.69, 9.17) is 4.74 Å². The minimum absolute atomic E-state index is 0.467. The van der Waals surface area contributed by atoms with Crippen molar-refractivity contribution in [3.05, 3.63) is 66.4 Å². The lowest BCUT2D eigenvalue weighted by Gasteiger charge is -2.10. The van der Waals surface area contributed by atoms with Crippen LogP contribution in [0.25, 0.3) is 10.9 Å². The van der Waals surface area contributed by atoms with Crippen molar-refractivity contribution in [1.82, 2.24) is 4.98 Å². The second-order valence-electron chi connectivity index (χ2n) is 4.67. The molecule has 1 atom stereocenters. The van der Waals surface area contributed by atoms with E-state index in [1.807, 2.05) is 54.6 Å². The third-order valence-electron chi connectivity index (χ3n) is 3.20. The maximum atomic E-state index is 9.50. The summed E-state index contributed by atoms with van der Waals surface area (Å²) < 4.78 is 5.90. The van der Waals surface area contributed by atoms with Crippen molar-refractivity contribution in [3.8, 4) is 11.5 Å². The standard InChI is InChI=1S/C17H15NO2/c1-12(19)13-7-9-14(10-8-13)20-17-6-2-5-16-15(17)4-3-11-18-16/h2-12,19H,1H3/t12-/m1/s1. The van der Waals surface area contributed by atoms with Crippen molar-refractivity contribution in [1.29, 1.82) is 0 Å². The number of pyridine rings is 1. The number of hydrogen-bond donors (Lipinski definition) is 1. The molecule has 3 aromatic rings. The van der Waals surface area contributed by atoms with E-state index in [1.54, 1.807) is 13.1 Å². The zero-order valence-electron chi connectivity index (χ0n) is 11.2.